The number of rotatable bonds is 9. The van der Waals surface area contributed by atoms with Crippen molar-refractivity contribution < 1.29 is 23.9 Å². The van der Waals surface area contributed by atoms with Crippen LogP contribution in [-0.4, -0.2) is 36.7 Å². The fraction of sp³-hybridized carbons (Fsp3) is 0.364. The van der Waals surface area contributed by atoms with Gasteiger partial charge in [0.25, 0.3) is 5.91 Å². The molecule has 0 saturated carbocycles. The summed E-state index contributed by atoms with van der Waals surface area (Å²) in [6.45, 7) is 7.58. The minimum absolute atomic E-state index is 0.126. The number of benzene rings is 2. The molecule has 0 fully saturated rings. The van der Waals surface area contributed by atoms with Gasteiger partial charge in [-0.3, -0.25) is 4.79 Å². The molecule has 0 spiro atoms. The molecule has 6 nitrogen and oxygen atoms in total. The van der Waals surface area contributed by atoms with Gasteiger partial charge in [-0.1, -0.05) is 23.7 Å². The summed E-state index contributed by atoms with van der Waals surface area (Å²) in [6, 6.07) is 10.9. The van der Waals surface area contributed by atoms with Gasteiger partial charge in [-0.05, 0) is 68.1 Å². The maximum absolute atomic E-state index is 12.0. The lowest BCUT2D eigenvalue weighted by atomic mass is 10.1. The van der Waals surface area contributed by atoms with Crippen molar-refractivity contribution in [3.63, 3.8) is 0 Å². The average Bonchev–Trinajstić information content (AvgIpc) is 2.66. The van der Waals surface area contributed by atoms with Gasteiger partial charge in [-0.2, -0.15) is 5.06 Å². The smallest absolute Gasteiger partial charge is 0.344 e. The van der Waals surface area contributed by atoms with E-state index < -0.39 is 5.97 Å². The second kappa shape index (κ2) is 10.7. The molecule has 0 aromatic heterocycles. The number of hydrogen-bond donors (Lipinski definition) is 0. The molecule has 0 aliphatic carbocycles. The number of carbonyl (C=O) groups excluding carboxylic acids is 2. The van der Waals surface area contributed by atoms with E-state index in [9.17, 15) is 9.59 Å². The number of hydroxylamine groups is 2. The number of ether oxygens (including phenoxy) is 2. The topological polar surface area (TPSA) is 65.1 Å². The number of nitrogens with zero attached hydrogens (tertiary/aromatic N) is 1. The molecule has 0 N–H and O–H groups in total. The van der Waals surface area contributed by atoms with Crippen LogP contribution in [-0.2, 0) is 20.7 Å². The summed E-state index contributed by atoms with van der Waals surface area (Å²) in [7, 11) is 0. The molecule has 0 atom stereocenters. The van der Waals surface area contributed by atoms with Crippen molar-refractivity contribution in [2.24, 2.45) is 0 Å². The lowest BCUT2D eigenvalue weighted by molar-refractivity contribution is -0.154. The lowest BCUT2D eigenvalue weighted by Gasteiger charge is -2.23. The van der Waals surface area contributed by atoms with E-state index in [0.29, 0.717) is 36.1 Å². The zero-order chi connectivity index (χ0) is 21.4. The second-order valence-corrected chi connectivity index (χ2v) is 7.01. The van der Waals surface area contributed by atoms with Gasteiger partial charge >= 0.3 is 5.97 Å². The van der Waals surface area contributed by atoms with Crippen molar-refractivity contribution in [1.29, 1.82) is 0 Å². The normalized spacial score (nSPS) is 10.4. The summed E-state index contributed by atoms with van der Waals surface area (Å²) in [5.74, 6) is 0.618. The van der Waals surface area contributed by atoms with Gasteiger partial charge in [0.05, 0.1) is 13.2 Å². The third-order valence-corrected chi connectivity index (χ3v) is 4.38. The Morgan fingerprint density at radius 1 is 1.07 bits per heavy atom. The summed E-state index contributed by atoms with van der Waals surface area (Å²) in [5, 5.41) is 1.97. The van der Waals surface area contributed by atoms with Crippen molar-refractivity contribution in [1.82, 2.24) is 5.06 Å². The largest absolute Gasteiger partial charge is 0.482 e. The Kier molecular flexibility index (Phi) is 8.34. The third-order valence-electron chi connectivity index (χ3n) is 4.17. The van der Waals surface area contributed by atoms with Gasteiger partial charge in [-0.25, -0.2) is 4.79 Å². The zero-order valence-electron chi connectivity index (χ0n) is 17.2. The molecule has 0 unspecified atom stereocenters. The van der Waals surface area contributed by atoms with Gasteiger partial charge < -0.3 is 14.3 Å². The number of esters is 1. The predicted molar refractivity (Wildman–Crippen MR) is 111 cm³/mol. The van der Waals surface area contributed by atoms with Crippen molar-refractivity contribution >= 4 is 23.5 Å². The van der Waals surface area contributed by atoms with Gasteiger partial charge in [0.1, 0.15) is 5.75 Å². The molecule has 0 heterocycles. The Morgan fingerprint density at radius 2 is 1.69 bits per heavy atom. The first-order chi connectivity index (χ1) is 13.8. The van der Waals surface area contributed by atoms with E-state index in [-0.39, 0.29) is 12.5 Å². The van der Waals surface area contributed by atoms with Crippen molar-refractivity contribution in [2.75, 3.05) is 19.8 Å². The van der Waals surface area contributed by atoms with E-state index in [4.69, 9.17) is 25.9 Å². The Morgan fingerprint density at radius 3 is 2.24 bits per heavy atom. The number of carbonyl (C=O) groups is 2. The van der Waals surface area contributed by atoms with Crippen LogP contribution in [0.3, 0.4) is 0 Å². The molecule has 0 aliphatic rings. The molecule has 7 heteroatoms. The zero-order valence-corrected chi connectivity index (χ0v) is 17.9. The van der Waals surface area contributed by atoms with Crippen molar-refractivity contribution in [2.45, 2.75) is 34.1 Å². The van der Waals surface area contributed by atoms with Crippen molar-refractivity contribution in [3.8, 4) is 11.5 Å². The predicted octanol–water partition coefficient (Wildman–Crippen LogP) is 4.28. The highest BCUT2D eigenvalue weighted by atomic mass is 35.5. The maximum Gasteiger partial charge on any atom is 0.344 e. The molecule has 0 radical (unpaired) electrons. The van der Waals surface area contributed by atoms with E-state index in [1.165, 1.54) is 12.0 Å². The van der Waals surface area contributed by atoms with Crippen LogP contribution in [0.5, 0.6) is 11.5 Å². The first-order valence-corrected chi connectivity index (χ1v) is 9.78. The first kappa shape index (κ1) is 22.6. The SMILES string of the molecule is CCOC(=O)COc1ccc(CCN(Oc2c(C)cc(Cl)cc2C)C(C)=O)cc1. The molecule has 1 amide bonds. The van der Waals surface area contributed by atoms with Crippen LogP contribution in [0.25, 0.3) is 0 Å². The molecule has 2 rings (SSSR count). The Balaban J connectivity index is 1.95. The third kappa shape index (κ3) is 6.98. The standard InChI is InChI=1S/C22H26ClNO5/c1-5-27-21(26)14-28-20-8-6-18(7-9-20)10-11-24(17(4)25)29-22-15(2)12-19(23)13-16(22)3/h6-9,12-13H,5,10-11,14H2,1-4H3. The molecule has 2 aromatic rings. The number of halogens is 1. The summed E-state index contributed by atoms with van der Waals surface area (Å²) in [4.78, 5) is 29.2. The summed E-state index contributed by atoms with van der Waals surface area (Å²) in [5.41, 5.74) is 2.74. The van der Waals surface area contributed by atoms with Crippen LogP contribution < -0.4 is 9.57 Å². The van der Waals surface area contributed by atoms with Crippen LogP contribution in [0.4, 0.5) is 0 Å². The molecular formula is C22H26ClNO5. The number of amides is 1. The van der Waals surface area contributed by atoms with E-state index in [1.54, 1.807) is 31.2 Å². The van der Waals surface area contributed by atoms with E-state index in [2.05, 4.69) is 0 Å². The average molecular weight is 420 g/mol. The van der Waals surface area contributed by atoms with Crippen molar-refractivity contribution in [3.05, 3.63) is 58.1 Å². The minimum atomic E-state index is -0.404. The maximum atomic E-state index is 12.0. The molecule has 156 valence electrons. The molecular weight excluding hydrogens is 394 g/mol. The van der Waals surface area contributed by atoms with Crippen LogP contribution in [0.15, 0.2) is 36.4 Å². The summed E-state index contributed by atoms with van der Waals surface area (Å²) < 4.78 is 10.2. The van der Waals surface area contributed by atoms with Gasteiger partial charge in [0.15, 0.2) is 12.4 Å². The number of hydrogen-bond acceptors (Lipinski definition) is 5. The fourth-order valence-electron chi connectivity index (χ4n) is 2.75. The van der Waals surface area contributed by atoms with Crippen LogP contribution in [0.2, 0.25) is 5.02 Å². The van der Waals surface area contributed by atoms with E-state index in [0.717, 1.165) is 16.7 Å². The fourth-order valence-corrected chi connectivity index (χ4v) is 3.07. The van der Waals surface area contributed by atoms with E-state index in [1.807, 2.05) is 26.0 Å². The molecule has 2 aromatic carbocycles. The monoisotopic (exact) mass is 419 g/mol. The van der Waals surface area contributed by atoms with Gasteiger partial charge in [-0.15, -0.1) is 0 Å². The van der Waals surface area contributed by atoms with Gasteiger partial charge in [0.2, 0.25) is 0 Å². The van der Waals surface area contributed by atoms with Gasteiger partial charge in [0, 0.05) is 11.9 Å². The van der Waals surface area contributed by atoms with Crippen LogP contribution in [0.1, 0.15) is 30.5 Å². The highest BCUT2D eigenvalue weighted by Crippen LogP contribution is 2.28. The molecule has 0 bridgehead atoms. The van der Waals surface area contributed by atoms with Crippen LogP contribution >= 0.6 is 11.6 Å². The molecule has 29 heavy (non-hydrogen) atoms. The quantitative estimate of drug-likeness (QED) is 0.448. The summed E-state index contributed by atoms with van der Waals surface area (Å²) in [6.07, 6.45) is 0.601. The second-order valence-electron chi connectivity index (χ2n) is 6.57. The lowest BCUT2D eigenvalue weighted by Crippen LogP contribution is -2.34. The highest BCUT2D eigenvalue weighted by Gasteiger charge is 2.15. The van der Waals surface area contributed by atoms with Crippen LogP contribution in [0, 0.1) is 13.8 Å². The number of aryl methyl sites for hydroxylation is 2. The first-order valence-electron chi connectivity index (χ1n) is 9.40. The highest BCUT2D eigenvalue weighted by molar-refractivity contribution is 6.30. The summed E-state index contributed by atoms with van der Waals surface area (Å²) >= 11 is 6.06. The molecule has 0 aliphatic heterocycles. The Bertz CT molecular complexity index is 828. The Labute approximate surface area is 176 Å². The molecule has 0 saturated heterocycles. The minimum Gasteiger partial charge on any atom is -0.482 e. The Hall–Kier alpha value is -2.73. The van der Waals surface area contributed by atoms with E-state index >= 15 is 0 Å².